The molecule has 0 bridgehead atoms. The maximum Gasteiger partial charge on any atom is 0.224 e. The minimum atomic E-state index is 0.202. The summed E-state index contributed by atoms with van der Waals surface area (Å²) in [6.45, 7) is 5.14. The smallest absolute Gasteiger partial charge is 0.224 e. The van der Waals surface area contributed by atoms with Crippen LogP contribution >= 0.6 is 0 Å². The number of carbonyl (C=O) groups excluding carboxylic acids is 1. The van der Waals surface area contributed by atoms with E-state index in [-0.39, 0.29) is 5.91 Å². The van der Waals surface area contributed by atoms with Crippen LogP contribution in [-0.2, 0) is 22.5 Å². The second-order valence-electron chi connectivity index (χ2n) is 6.83. The maximum absolute atomic E-state index is 12.1. The third-order valence-corrected chi connectivity index (χ3v) is 4.95. The first kappa shape index (κ1) is 17.7. The fraction of sp³-hybridized carbons (Fsp3) is 0.500. The standard InChI is InChI=1S/C20H27N3O2/c1-16-13-21-19(23(16)15-17-6-4-3-5-7-17)12-18-8-10-22(14-18)20(24)9-11-25-2/h3-7,13,18H,8-12,14-15H2,1-2H3. The van der Waals surface area contributed by atoms with Crippen molar-refractivity contribution < 1.29 is 9.53 Å². The molecule has 3 rings (SSSR count). The first-order valence-electron chi connectivity index (χ1n) is 8.99. The number of hydrogen-bond acceptors (Lipinski definition) is 3. The van der Waals surface area contributed by atoms with Crippen molar-refractivity contribution in [2.75, 3.05) is 26.8 Å². The molecule has 134 valence electrons. The molecule has 1 fully saturated rings. The molecule has 0 spiro atoms. The van der Waals surface area contributed by atoms with E-state index in [0.717, 1.165) is 38.3 Å². The molecule has 5 heteroatoms. The number of benzene rings is 1. The monoisotopic (exact) mass is 341 g/mol. The van der Waals surface area contributed by atoms with Crippen molar-refractivity contribution >= 4 is 5.91 Å². The Morgan fingerprint density at radius 2 is 2.12 bits per heavy atom. The molecule has 0 saturated carbocycles. The summed E-state index contributed by atoms with van der Waals surface area (Å²) < 4.78 is 7.31. The number of imidazole rings is 1. The minimum Gasteiger partial charge on any atom is -0.384 e. The summed E-state index contributed by atoms with van der Waals surface area (Å²) in [6, 6.07) is 10.5. The Bertz CT molecular complexity index is 696. The van der Waals surface area contributed by atoms with Crippen LogP contribution < -0.4 is 0 Å². The van der Waals surface area contributed by atoms with Gasteiger partial charge in [-0.05, 0) is 24.8 Å². The molecule has 0 radical (unpaired) electrons. The lowest BCUT2D eigenvalue weighted by atomic mass is 10.0. The zero-order chi connectivity index (χ0) is 17.6. The van der Waals surface area contributed by atoms with Gasteiger partial charge in [-0.3, -0.25) is 4.79 Å². The van der Waals surface area contributed by atoms with Crippen LogP contribution in [0.15, 0.2) is 36.5 Å². The Balaban J connectivity index is 1.61. The number of methoxy groups -OCH3 is 1. The SMILES string of the molecule is COCCC(=O)N1CCC(Cc2ncc(C)n2Cc2ccccc2)C1. The van der Waals surface area contributed by atoms with Gasteiger partial charge in [0.15, 0.2) is 0 Å². The zero-order valence-corrected chi connectivity index (χ0v) is 15.1. The lowest BCUT2D eigenvalue weighted by Crippen LogP contribution is -2.29. The lowest BCUT2D eigenvalue weighted by molar-refractivity contribution is -0.131. The molecule has 1 aliphatic rings. The molecule has 2 heterocycles. The van der Waals surface area contributed by atoms with Crippen LogP contribution in [0.25, 0.3) is 0 Å². The summed E-state index contributed by atoms with van der Waals surface area (Å²) in [5.41, 5.74) is 2.47. The molecule has 0 N–H and O–H groups in total. The summed E-state index contributed by atoms with van der Waals surface area (Å²) in [7, 11) is 1.63. The van der Waals surface area contributed by atoms with Crippen molar-refractivity contribution in [3.63, 3.8) is 0 Å². The van der Waals surface area contributed by atoms with Crippen molar-refractivity contribution in [2.45, 2.75) is 32.7 Å². The fourth-order valence-corrected chi connectivity index (χ4v) is 3.49. The lowest BCUT2D eigenvalue weighted by Gasteiger charge is -2.17. The van der Waals surface area contributed by atoms with Gasteiger partial charge in [0.25, 0.3) is 0 Å². The molecule has 1 saturated heterocycles. The number of amides is 1. The second kappa shape index (κ2) is 8.30. The van der Waals surface area contributed by atoms with E-state index in [0.29, 0.717) is 18.9 Å². The van der Waals surface area contributed by atoms with Gasteiger partial charge in [-0.2, -0.15) is 0 Å². The molecule has 2 aromatic rings. The van der Waals surface area contributed by atoms with Crippen molar-refractivity contribution in [1.82, 2.24) is 14.5 Å². The largest absolute Gasteiger partial charge is 0.384 e. The van der Waals surface area contributed by atoms with Gasteiger partial charge in [-0.1, -0.05) is 30.3 Å². The quantitative estimate of drug-likeness (QED) is 0.778. The molecule has 1 aliphatic heterocycles. The van der Waals surface area contributed by atoms with Gasteiger partial charge in [-0.15, -0.1) is 0 Å². The number of nitrogens with zero attached hydrogens (tertiary/aromatic N) is 3. The highest BCUT2D eigenvalue weighted by Gasteiger charge is 2.27. The van der Waals surface area contributed by atoms with E-state index in [9.17, 15) is 4.79 Å². The number of ether oxygens (including phenoxy) is 1. The minimum absolute atomic E-state index is 0.202. The summed E-state index contributed by atoms with van der Waals surface area (Å²) in [6.07, 6.45) is 4.41. The van der Waals surface area contributed by atoms with E-state index >= 15 is 0 Å². The van der Waals surface area contributed by atoms with Gasteiger partial charge >= 0.3 is 0 Å². The Kier molecular flexibility index (Phi) is 5.87. The molecule has 25 heavy (non-hydrogen) atoms. The van der Waals surface area contributed by atoms with E-state index in [2.05, 4.69) is 40.7 Å². The molecule has 1 unspecified atom stereocenters. The van der Waals surface area contributed by atoms with Crippen molar-refractivity contribution in [3.8, 4) is 0 Å². The van der Waals surface area contributed by atoms with Crippen LogP contribution in [0.3, 0.4) is 0 Å². The van der Waals surface area contributed by atoms with E-state index in [1.807, 2.05) is 17.2 Å². The number of aryl methyl sites for hydroxylation is 1. The molecule has 1 aromatic heterocycles. The zero-order valence-electron chi connectivity index (χ0n) is 15.1. The molecule has 0 aliphatic carbocycles. The van der Waals surface area contributed by atoms with Crippen LogP contribution in [0.4, 0.5) is 0 Å². The summed E-state index contributed by atoms with van der Waals surface area (Å²) >= 11 is 0. The Hall–Kier alpha value is -2.14. The Morgan fingerprint density at radius 3 is 2.88 bits per heavy atom. The topological polar surface area (TPSA) is 47.4 Å². The predicted molar refractivity (Wildman–Crippen MR) is 97.4 cm³/mol. The number of hydrogen-bond donors (Lipinski definition) is 0. The van der Waals surface area contributed by atoms with Gasteiger partial charge < -0.3 is 14.2 Å². The highest BCUT2D eigenvalue weighted by Crippen LogP contribution is 2.22. The third kappa shape index (κ3) is 4.48. The van der Waals surface area contributed by atoms with Crippen molar-refractivity contribution in [3.05, 3.63) is 53.6 Å². The van der Waals surface area contributed by atoms with Crippen LogP contribution in [-0.4, -0.2) is 47.2 Å². The average molecular weight is 341 g/mol. The third-order valence-electron chi connectivity index (χ3n) is 4.95. The molecule has 1 atom stereocenters. The number of carbonyl (C=O) groups is 1. The van der Waals surface area contributed by atoms with E-state index in [1.165, 1.54) is 11.3 Å². The molecular formula is C20H27N3O2. The van der Waals surface area contributed by atoms with Crippen LogP contribution in [0.1, 0.15) is 29.9 Å². The van der Waals surface area contributed by atoms with Gasteiger partial charge in [0, 0.05) is 45.1 Å². The van der Waals surface area contributed by atoms with Gasteiger partial charge in [0.2, 0.25) is 5.91 Å². The second-order valence-corrected chi connectivity index (χ2v) is 6.83. The van der Waals surface area contributed by atoms with Gasteiger partial charge in [0.1, 0.15) is 5.82 Å². The first-order chi connectivity index (χ1) is 12.2. The van der Waals surface area contributed by atoms with Crippen LogP contribution in [0.5, 0.6) is 0 Å². The first-order valence-corrected chi connectivity index (χ1v) is 8.99. The van der Waals surface area contributed by atoms with E-state index in [4.69, 9.17) is 4.74 Å². The fourth-order valence-electron chi connectivity index (χ4n) is 3.49. The Morgan fingerprint density at radius 1 is 1.32 bits per heavy atom. The number of rotatable bonds is 7. The van der Waals surface area contributed by atoms with Crippen molar-refractivity contribution in [1.29, 1.82) is 0 Å². The van der Waals surface area contributed by atoms with Crippen LogP contribution in [0.2, 0.25) is 0 Å². The van der Waals surface area contributed by atoms with Gasteiger partial charge in [0.05, 0.1) is 13.0 Å². The average Bonchev–Trinajstić information content (AvgIpc) is 3.23. The highest BCUT2D eigenvalue weighted by molar-refractivity contribution is 5.76. The Labute approximate surface area is 149 Å². The number of aromatic nitrogens is 2. The summed E-state index contributed by atoms with van der Waals surface area (Å²) in [5.74, 6) is 1.81. The van der Waals surface area contributed by atoms with E-state index in [1.54, 1.807) is 7.11 Å². The van der Waals surface area contributed by atoms with E-state index < -0.39 is 0 Å². The van der Waals surface area contributed by atoms with Crippen molar-refractivity contribution in [2.24, 2.45) is 5.92 Å². The van der Waals surface area contributed by atoms with Gasteiger partial charge in [-0.25, -0.2) is 4.98 Å². The highest BCUT2D eigenvalue weighted by atomic mass is 16.5. The molecular weight excluding hydrogens is 314 g/mol. The predicted octanol–water partition coefficient (Wildman–Crippen LogP) is 2.67. The summed E-state index contributed by atoms with van der Waals surface area (Å²) in [4.78, 5) is 18.7. The molecule has 1 amide bonds. The molecule has 1 aromatic carbocycles. The summed E-state index contributed by atoms with van der Waals surface area (Å²) in [5, 5.41) is 0. The van der Waals surface area contributed by atoms with Crippen LogP contribution in [0, 0.1) is 12.8 Å². The number of likely N-dealkylation sites (tertiary alicyclic amines) is 1. The normalized spacial score (nSPS) is 17.2. The maximum atomic E-state index is 12.1. The molecule has 5 nitrogen and oxygen atoms in total.